The zero-order chi connectivity index (χ0) is 13.0. The lowest BCUT2D eigenvalue weighted by Gasteiger charge is -2.19. The average molecular weight is 263 g/mol. The number of hydrogen-bond donors (Lipinski definition) is 1. The molecular weight excluding hydrogens is 249 g/mol. The predicted molar refractivity (Wildman–Crippen MR) is 70.7 cm³/mol. The third kappa shape index (κ3) is 3.27. The van der Waals surface area contributed by atoms with Crippen molar-refractivity contribution < 1.29 is 4.39 Å². The van der Waals surface area contributed by atoms with E-state index in [9.17, 15) is 4.39 Å². The maximum Gasteiger partial charge on any atom is 0.188 e. The minimum atomic E-state index is -0.247. The van der Waals surface area contributed by atoms with Crippen LogP contribution in [0.2, 0.25) is 0 Å². The summed E-state index contributed by atoms with van der Waals surface area (Å²) >= 11 is 1.49. The second-order valence-electron chi connectivity index (χ2n) is 3.98. The van der Waals surface area contributed by atoms with Gasteiger partial charge in [-0.2, -0.15) is 0 Å². The van der Waals surface area contributed by atoms with Crippen molar-refractivity contribution in [1.29, 1.82) is 0 Å². The van der Waals surface area contributed by atoms with Crippen molar-refractivity contribution in [1.82, 2.24) is 9.97 Å². The molecular formula is C13H14FN3S. The van der Waals surface area contributed by atoms with Gasteiger partial charge >= 0.3 is 0 Å². The predicted octanol–water partition coefficient (Wildman–Crippen LogP) is 2.80. The lowest BCUT2D eigenvalue weighted by Crippen LogP contribution is -2.22. The molecule has 1 heterocycles. The Labute approximate surface area is 110 Å². The number of nitrogens with zero attached hydrogens (tertiary/aromatic N) is 2. The van der Waals surface area contributed by atoms with Gasteiger partial charge in [-0.05, 0) is 30.7 Å². The molecule has 0 radical (unpaired) electrons. The fourth-order valence-corrected chi connectivity index (χ4v) is 2.57. The Kier molecular flexibility index (Phi) is 4.28. The van der Waals surface area contributed by atoms with Crippen molar-refractivity contribution in [2.45, 2.75) is 23.4 Å². The number of hydrogen-bond acceptors (Lipinski definition) is 4. The molecule has 2 atom stereocenters. The van der Waals surface area contributed by atoms with Gasteiger partial charge < -0.3 is 5.73 Å². The van der Waals surface area contributed by atoms with Crippen molar-refractivity contribution in [2.75, 3.05) is 0 Å². The molecule has 2 unspecified atom stereocenters. The fraction of sp³-hybridized carbons (Fsp3) is 0.231. The molecule has 5 heteroatoms. The van der Waals surface area contributed by atoms with Crippen molar-refractivity contribution in [2.24, 2.45) is 5.73 Å². The van der Waals surface area contributed by atoms with Crippen LogP contribution in [0, 0.1) is 5.82 Å². The van der Waals surface area contributed by atoms with E-state index in [1.54, 1.807) is 30.6 Å². The summed E-state index contributed by atoms with van der Waals surface area (Å²) in [5, 5.41) is 0.678. The molecule has 0 bridgehead atoms. The lowest BCUT2D eigenvalue weighted by atomic mass is 10.1. The van der Waals surface area contributed by atoms with Crippen LogP contribution in [0.4, 0.5) is 4.39 Å². The van der Waals surface area contributed by atoms with Gasteiger partial charge in [-0.15, -0.1) is 0 Å². The zero-order valence-corrected chi connectivity index (χ0v) is 10.8. The first-order chi connectivity index (χ1) is 8.66. The normalized spacial score (nSPS) is 14.2. The smallest absolute Gasteiger partial charge is 0.188 e. The molecule has 0 fully saturated rings. The van der Waals surface area contributed by atoms with E-state index in [1.165, 1.54) is 23.9 Å². The van der Waals surface area contributed by atoms with Crippen LogP contribution in [0.3, 0.4) is 0 Å². The summed E-state index contributed by atoms with van der Waals surface area (Å²) in [5.74, 6) is -0.247. The molecule has 2 N–H and O–H groups in total. The van der Waals surface area contributed by atoms with Gasteiger partial charge in [0.25, 0.3) is 0 Å². The Morgan fingerprint density at radius 3 is 2.33 bits per heavy atom. The number of halogens is 1. The molecule has 3 nitrogen and oxygen atoms in total. The van der Waals surface area contributed by atoms with Gasteiger partial charge in [-0.25, -0.2) is 14.4 Å². The summed E-state index contributed by atoms with van der Waals surface area (Å²) in [6, 6.07) is 8.07. The number of rotatable bonds is 4. The van der Waals surface area contributed by atoms with E-state index in [0.717, 1.165) is 5.56 Å². The van der Waals surface area contributed by atoms with E-state index < -0.39 is 0 Å². The Morgan fingerprint density at radius 1 is 1.17 bits per heavy atom. The highest BCUT2D eigenvalue weighted by Crippen LogP contribution is 2.35. The summed E-state index contributed by atoms with van der Waals surface area (Å²) in [4.78, 5) is 8.33. The monoisotopic (exact) mass is 263 g/mol. The Morgan fingerprint density at radius 2 is 1.78 bits per heavy atom. The number of nitrogens with two attached hydrogens (primary N) is 1. The van der Waals surface area contributed by atoms with Crippen LogP contribution in [0.5, 0.6) is 0 Å². The summed E-state index contributed by atoms with van der Waals surface area (Å²) in [6.45, 7) is 1.92. The number of aromatic nitrogens is 2. The van der Waals surface area contributed by atoms with Crippen LogP contribution in [0.1, 0.15) is 17.7 Å². The molecule has 94 valence electrons. The van der Waals surface area contributed by atoms with E-state index in [2.05, 4.69) is 9.97 Å². The molecule has 0 saturated carbocycles. The van der Waals surface area contributed by atoms with Gasteiger partial charge in [-0.1, -0.05) is 23.9 Å². The highest BCUT2D eigenvalue weighted by Gasteiger charge is 2.19. The van der Waals surface area contributed by atoms with Crippen LogP contribution in [-0.2, 0) is 0 Å². The van der Waals surface area contributed by atoms with Gasteiger partial charge in [0.15, 0.2) is 5.16 Å². The summed E-state index contributed by atoms with van der Waals surface area (Å²) in [6.07, 6.45) is 3.39. The van der Waals surface area contributed by atoms with Gasteiger partial charge in [0.2, 0.25) is 0 Å². The highest BCUT2D eigenvalue weighted by molar-refractivity contribution is 7.99. The van der Waals surface area contributed by atoms with E-state index in [0.29, 0.717) is 5.16 Å². The largest absolute Gasteiger partial charge is 0.327 e. The second kappa shape index (κ2) is 5.93. The Hall–Kier alpha value is -1.46. The molecule has 0 aliphatic carbocycles. The van der Waals surface area contributed by atoms with Crippen LogP contribution >= 0.6 is 11.8 Å². The summed E-state index contributed by atoms with van der Waals surface area (Å²) in [5.41, 5.74) is 6.96. The zero-order valence-electron chi connectivity index (χ0n) is 9.95. The van der Waals surface area contributed by atoms with Crippen LogP contribution in [-0.4, -0.2) is 16.0 Å². The third-order valence-electron chi connectivity index (χ3n) is 2.45. The molecule has 1 aromatic carbocycles. The molecule has 2 aromatic rings. The first kappa shape index (κ1) is 13.0. The van der Waals surface area contributed by atoms with Crippen LogP contribution < -0.4 is 5.73 Å². The molecule has 0 aliphatic heterocycles. The van der Waals surface area contributed by atoms with Gasteiger partial charge in [-0.3, -0.25) is 0 Å². The average Bonchev–Trinajstić information content (AvgIpc) is 2.38. The first-order valence-corrected chi connectivity index (χ1v) is 6.49. The van der Waals surface area contributed by atoms with E-state index in [1.807, 2.05) is 6.92 Å². The second-order valence-corrected chi connectivity index (χ2v) is 5.09. The molecule has 0 amide bonds. The van der Waals surface area contributed by atoms with E-state index in [4.69, 9.17) is 5.73 Å². The molecule has 0 saturated heterocycles. The molecule has 0 aliphatic rings. The topological polar surface area (TPSA) is 51.8 Å². The van der Waals surface area contributed by atoms with Crippen molar-refractivity contribution in [3.05, 3.63) is 54.1 Å². The Balaban J connectivity index is 2.21. The van der Waals surface area contributed by atoms with Crippen molar-refractivity contribution >= 4 is 11.8 Å². The minimum absolute atomic E-state index is 0.00741. The quantitative estimate of drug-likeness (QED) is 0.680. The Bertz CT molecular complexity index is 487. The maximum atomic E-state index is 12.9. The SMILES string of the molecule is CC(N)C(Sc1ncccn1)c1ccc(F)cc1. The highest BCUT2D eigenvalue weighted by atomic mass is 32.2. The standard InChI is InChI=1S/C13H14FN3S/c1-9(15)12(10-3-5-11(14)6-4-10)18-13-16-7-2-8-17-13/h2-9,12H,15H2,1H3. The molecule has 18 heavy (non-hydrogen) atoms. The van der Waals surface area contributed by atoms with Crippen LogP contribution in [0.15, 0.2) is 47.9 Å². The van der Waals surface area contributed by atoms with Crippen molar-refractivity contribution in [3.8, 4) is 0 Å². The molecule has 1 aromatic heterocycles. The number of thioether (sulfide) groups is 1. The fourth-order valence-electron chi connectivity index (χ4n) is 1.59. The van der Waals surface area contributed by atoms with E-state index >= 15 is 0 Å². The summed E-state index contributed by atoms with van der Waals surface area (Å²) < 4.78 is 12.9. The van der Waals surface area contributed by atoms with Gasteiger partial charge in [0.1, 0.15) is 5.82 Å². The molecule has 2 rings (SSSR count). The third-order valence-corrected chi connectivity index (χ3v) is 3.83. The van der Waals surface area contributed by atoms with Gasteiger partial charge in [0.05, 0.1) is 5.25 Å². The minimum Gasteiger partial charge on any atom is -0.327 e. The summed E-state index contributed by atoms with van der Waals surface area (Å²) in [7, 11) is 0. The number of benzene rings is 1. The van der Waals surface area contributed by atoms with Crippen LogP contribution in [0.25, 0.3) is 0 Å². The van der Waals surface area contributed by atoms with Gasteiger partial charge in [0, 0.05) is 18.4 Å². The maximum absolute atomic E-state index is 12.9. The van der Waals surface area contributed by atoms with E-state index in [-0.39, 0.29) is 17.1 Å². The van der Waals surface area contributed by atoms with Crippen molar-refractivity contribution in [3.63, 3.8) is 0 Å². The lowest BCUT2D eigenvalue weighted by molar-refractivity contribution is 0.625. The molecule has 0 spiro atoms. The first-order valence-electron chi connectivity index (χ1n) is 5.61.